The van der Waals surface area contributed by atoms with Crippen molar-refractivity contribution in [2.24, 2.45) is 0 Å². The molecule has 4 rings (SSSR count). The van der Waals surface area contributed by atoms with Gasteiger partial charge in [-0.1, -0.05) is 35.9 Å². The van der Waals surface area contributed by atoms with E-state index in [-0.39, 0.29) is 5.69 Å². The maximum atomic E-state index is 12.7. The molecule has 0 unspecified atom stereocenters. The summed E-state index contributed by atoms with van der Waals surface area (Å²) < 4.78 is 1.65. The van der Waals surface area contributed by atoms with Crippen molar-refractivity contribution in [2.75, 3.05) is 5.32 Å². The van der Waals surface area contributed by atoms with E-state index < -0.39 is 11.3 Å². The van der Waals surface area contributed by atoms with Gasteiger partial charge in [-0.2, -0.15) is 5.10 Å². The van der Waals surface area contributed by atoms with Crippen molar-refractivity contribution >= 4 is 44.9 Å². The molecule has 0 fully saturated rings. The van der Waals surface area contributed by atoms with Gasteiger partial charge in [-0.25, -0.2) is 4.98 Å². The third-order valence-electron chi connectivity index (χ3n) is 4.24. The molecule has 6 nitrogen and oxygen atoms in total. The van der Waals surface area contributed by atoms with Crippen molar-refractivity contribution in [2.45, 2.75) is 13.5 Å². The lowest BCUT2D eigenvalue weighted by Gasteiger charge is -2.09. The van der Waals surface area contributed by atoms with Crippen LogP contribution in [0.25, 0.3) is 22.2 Å². The van der Waals surface area contributed by atoms with E-state index in [1.165, 1.54) is 11.3 Å². The van der Waals surface area contributed by atoms with Crippen LogP contribution < -0.4 is 10.7 Å². The van der Waals surface area contributed by atoms with Crippen molar-refractivity contribution < 1.29 is 4.79 Å². The molecular formula is C20H15ClN4O2S. The van der Waals surface area contributed by atoms with E-state index in [4.69, 9.17) is 11.6 Å². The summed E-state index contributed by atoms with van der Waals surface area (Å²) in [4.78, 5) is 29.8. The number of carbonyl (C=O) groups excluding carboxylic acids is 1. The molecule has 28 heavy (non-hydrogen) atoms. The van der Waals surface area contributed by atoms with Crippen molar-refractivity contribution in [3.05, 3.63) is 74.9 Å². The highest BCUT2D eigenvalue weighted by Crippen LogP contribution is 2.26. The van der Waals surface area contributed by atoms with Crippen LogP contribution in [-0.4, -0.2) is 20.7 Å². The minimum absolute atomic E-state index is 0.149. The third-order valence-corrected chi connectivity index (χ3v) is 5.25. The fourth-order valence-electron chi connectivity index (χ4n) is 2.87. The van der Waals surface area contributed by atoms with E-state index in [9.17, 15) is 9.59 Å². The van der Waals surface area contributed by atoms with E-state index in [0.29, 0.717) is 27.6 Å². The number of amides is 1. The van der Waals surface area contributed by atoms with E-state index in [0.717, 1.165) is 11.3 Å². The SMILES string of the molecule is CCn1nc(C(=O)Nc2nc(-c3ccc(Cl)cc3)cs2)c(=O)c2ccccc21. The maximum Gasteiger partial charge on any atom is 0.281 e. The number of rotatable bonds is 4. The smallest absolute Gasteiger partial charge is 0.281 e. The first-order chi connectivity index (χ1) is 13.6. The highest BCUT2D eigenvalue weighted by Gasteiger charge is 2.18. The number of thiazole rings is 1. The number of carbonyl (C=O) groups is 1. The van der Waals surface area contributed by atoms with Crippen LogP contribution in [0.2, 0.25) is 5.02 Å². The number of hydrogen-bond acceptors (Lipinski definition) is 5. The van der Waals surface area contributed by atoms with Gasteiger partial charge in [-0.05, 0) is 31.2 Å². The van der Waals surface area contributed by atoms with Crippen molar-refractivity contribution in [1.82, 2.24) is 14.8 Å². The Bertz CT molecular complexity index is 1230. The van der Waals surface area contributed by atoms with Gasteiger partial charge in [-0.15, -0.1) is 11.3 Å². The van der Waals surface area contributed by atoms with Crippen molar-refractivity contribution in [3.8, 4) is 11.3 Å². The summed E-state index contributed by atoms with van der Waals surface area (Å²) in [6.07, 6.45) is 0. The van der Waals surface area contributed by atoms with Crippen LogP contribution in [0.1, 0.15) is 17.4 Å². The summed E-state index contributed by atoms with van der Waals surface area (Å²) in [6, 6.07) is 14.4. The molecule has 0 aliphatic carbocycles. The van der Waals surface area contributed by atoms with Gasteiger partial charge < -0.3 is 0 Å². The number of halogens is 1. The Morgan fingerprint density at radius 1 is 1.18 bits per heavy atom. The van der Waals surface area contributed by atoms with Gasteiger partial charge >= 0.3 is 0 Å². The minimum Gasteiger partial charge on any atom is -0.296 e. The van der Waals surface area contributed by atoms with Gasteiger partial charge in [0.15, 0.2) is 10.8 Å². The van der Waals surface area contributed by atoms with E-state index >= 15 is 0 Å². The first kappa shape index (κ1) is 18.3. The number of aromatic nitrogens is 3. The molecule has 2 aromatic heterocycles. The predicted octanol–water partition coefficient (Wildman–Crippen LogP) is 4.45. The molecule has 0 bridgehead atoms. The van der Waals surface area contributed by atoms with Gasteiger partial charge in [0.05, 0.1) is 11.2 Å². The number of benzene rings is 2. The Kier molecular flexibility index (Phi) is 4.93. The molecule has 0 spiro atoms. The quantitative estimate of drug-likeness (QED) is 0.539. The molecule has 0 atom stereocenters. The summed E-state index contributed by atoms with van der Waals surface area (Å²) in [5, 5.41) is 10.3. The molecule has 140 valence electrons. The lowest BCUT2D eigenvalue weighted by atomic mass is 10.2. The van der Waals surface area contributed by atoms with Crippen LogP contribution in [-0.2, 0) is 6.54 Å². The van der Waals surface area contributed by atoms with Crippen LogP contribution >= 0.6 is 22.9 Å². The van der Waals surface area contributed by atoms with E-state index in [2.05, 4.69) is 15.4 Å². The van der Waals surface area contributed by atoms with Crippen LogP contribution in [0.3, 0.4) is 0 Å². The molecule has 0 saturated heterocycles. The molecule has 8 heteroatoms. The predicted molar refractivity (Wildman–Crippen MR) is 112 cm³/mol. The minimum atomic E-state index is -0.574. The molecule has 4 aromatic rings. The Balaban J connectivity index is 1.65. The highest BCUT2D eigenvalue weighted by atomic mass is 35.5. The van der Waals surface area contributed by atoms with Gasteiger partial charge in [0.25, 0.3) is 5.91 Å². The molecule has 0 saturated carbocycles. The van der Waals surface area contributed by atoms with Gasteiger partial charge in [0, 0.05) is 27.9 Å². The maximum absolute atomic E-state index is 12.7. The zero-order chi connectivity index (χ0) is 19.7. The first-order valence-electron chi connectivity index (χ1n) is 8.59. The number of aryl methyl sites for hydroxylation is 1. The second-order valence-corrected chi connectivity index (χ2v) is 7.30. The molecule has 0 aliphatic heterocycles. The largest absolute Gasteiger partial charge is 0.296 e. The molecule has 2 heterocycles. The number of para-hydroxylation sites is 1. The number of anilines is 1. The number of nitrogens with zero attached hydrogens (tertiary/aromatic N) is 3. The second kappa shape index (κ2) is 7.53. The normalized spacial score (nSPS) is 10.9. The monoisotopic (exact) mass is 410 g/mol. The number of fused-ring (bicyclic) bond motifs is 1. The van der Waals surface area contributed by atoms with E-state index in [1.54, 1.807) is 28.9 Å². The molecule has 1 amide bonds. The van der Waals surface area contributed by atoms with Crippen LogP contribution in [0.4, 0.5) is 5.13 Å². The Labute approximate surface area is 169 Å². The van der Waals surface area contributed by atoms with Gasteiger partial charge in [0.2, 0.25) is 5.43 Å². The van der Waals surface area contributed by atoms with Crippen LogP contribution in [0.5, 0.6) is 0 Å². The lowest BCUT2D eigenvalue weighted by molar-refractivity contribution is 0.101. The average Bonchev–Trinajstić information content (AvgIpc) is 3.17. The van der Waals surface area contributed by atoms with Gasteiger partial charge in [0.1, 0.15) is 0 Å². The molecule has 0 aliphatic rings. The summed E-state index contributed by atoms with van der Waals surface area (Å²) in [6.45, 7) is 2.45. The average molecular weight is 411 g/mol. The van der Waals surface area contributed by atoms with Gasteiger partial charge in [-0.3, -0.25) is 19.6 Å². The van der Waals surface area contributed by atoms with E-state index in [1.807, 2.05) is 36.6 Å². The second-order valence-electron chi connectivity index (χ2n) is 6.01. The zero-order valence-corrected chi connectivity index (χ0v) is 16.4. The molecule has 2 aromatic carbocycles. The molecule has 0 radical (unpaired) electrons. The Morgan fingerprint density at radius 3 is 2.68 bits per heavy atom. The first-order valence-corrected chi connectivity index (χ1v) is 9.85. The lowest BCUT2D eigenvalue weighted by Crippen LogP contribution is -2.27. The number of hydrogen-bond donors (Lipinski definition) is 1. The number of nitrogens with one attached hydrogen (secondary N) is 1. The molecular weight excluding hydrogens is 396 g/mol. The third kappa shape index (κ3) is 3.42. The zero-order valence-electron chi connectivity index (χ0n) is 14.8. The van der Waals surface area contributed by atoms with Crippen LogP contribution in [0, 0.1) is 0 Å². The Hall–Kier alpha value is -3.03. The Morgan fingerprint density at radius 2 is 1.93 bits per heavy atom. The summed E-state index contributed by atoms with van der Waals surface area (Å²) >= 11 is 7.19. The molecule has 1 N–H and O–H groups in total. The summed E-state index contributed by atoms with van der Waals surface area (Å²) in [5.74, 6) is -0.574. The van der Waals surface area contributed by atoms with Crippen molar-refractivity contribution in [1.29, 1.82) is 0 Å². The summed E-state index contributed by atoms with van der Waals surface area (Å²) in [5.41, 5.74) is 1.76. The van der Waals surface area contributed by atoms with Crippen LogP contribution in [0.15, 0.2) is 58.7 Å². The topological polar surface area (TPSA) is 76.9 Å². The van der Waals surface area contributed by atoms with Crippen molar-refractivity contribution in [3.63, 3.8) is 0 Å². The fraction of sp³-hybridized carbons (Fsp3) is 0.100. The highest BCUT2D eigenvalue weighted by molar-refractivity contribution is 7.14. The summed E-state index contributed by atoms with van der Waals surface area (Å²) in [7, 11) is 0. The fourth-order valence-corrected chi connectivity index (χ4v) is 3.71. The standard InChI is InChI=1S/C20H15ClN4O2S/c1-2-25-16-6-4-3-5-14(16)18(26)17(24-25)19(27)23-20-22-15(11-28-20)12-7-9-13(21)10-8-12/h3-11H,2H2,1H3,(H,22,23,27).